The lowest BCUT2D eigenvalue weighted by Crippen LogP contribution is -2.50. The first kappa shape index (κ1) is 16.3. The van der Waals surface area contributed by atoms with Crippen LogP contribution in [0.25, 0.3) is 0 Å². The highest BCUT2D eigenvalue weighted by molar-refractivity contribution is 5.79. The van der Waals surface area contributed by atoms with E-state index in [9.17, 15) is 14.0 Å². The number of amides is 2. The summed E-state index contributed by atoms with van der Waals surface area (Å²) in [4.78, 5) is 25.4. The minimum absolute atomic E-state index is 0.0405. The molecule has 1 aromatic rings. The zero-order chi connectivity index (χ0) is 15.9. The third kappa shape index (κ3) is 4.44. The van der Waals surface area contributed by atoms with Crippen LogP contribution in [0.3, 0.4) is 0 Å². The number of rotatable bonds is 4. The molecule has 0 aliphatic carbocycles. The molecule has 1 fully saturated rings. The van der Waals surface area contributed by atoms with Crippen LogP contribution in [0.15, 0.2) is 24.3 Å². The van der Waals surface area contributed by atoms with Gasteiger partial charge in [0.25, 0.3) is 0 Å². The molecular weight excluding hydrogens is 287 g/mol. The van der Waals surface area contributed by atoms with Gasteiger partial charge in [-0.05, 0) is 31.4 Å². The van der Waals surface area contributed by atoms with Gasteiger partial charge in [-0.15, -0.1) is 0 Å². The summed E-state index contributed by atoms with van der Waals surface area (Å²) < 4.78 is 18.5. The van der Waals surface area contributed by atoms with Gasteiger partial charge < -0.3 is 15.0 Å². The van der Waals surface area contributed by atoms with Crippen molar-refractivity contribution in [2.45, 2.75) is 32.2 Å². The minimum Gasteiger partial charge on any atom is -0.450 e. The molecule has 1 aliphatic heterocycles. The first-order valence-electron chi connectivity index (χ1n) is 7.54. The van der Waals surface area contributed by atoms with E-state index in [0.29, 0.717) is 25.3 Å². The average Bonchev–Trinajstić information content (AvgIpc) is 2.50. The fourth-order valence-corrected chi connectivity index (χ4v) is 2.58. The number of nitrogens with zero attached hydrogens (tertiary/aromatic N) is 1. The Bertz CT molecular complexity index is 536. The van der Waals surface area contributed by atoms with Crippen molar-refractivity contribution in [3.63, 3.8) is 0 Å². The number of hydrogen-bond donors (Lipinski definition) is 1. The number of hydrogen-bond acceptors (Lipinski definition) is 3. The molecule has 1 aromatic carbocycles. The molecule has 1 saturated heterocycles. The molecule has 0 spiro atoms. The van der Waals surface area contributed by atoms with Crippen LogP contribution in [0.4, 0.5) is 9.18 Å². The Morgan fingerprint density at radius 3 is 2.91 bits per heavy atom. The quantitative estimate of drug-likeness (QED) is 0.927. The molecule has 0 radical (unpaired) electrons. The van der Waals surface area contributed by atoms with Crippen LogP contribution in [-0.4, -0.2) is 42.6 Å². The maximum absolute atomic E-state index is 13.6. The zero-order valence-electron chi connectivity index (χ0n) is 12.7. The van der Waals surface area contributed by atoms with Crippen LogP contribution >= 0.6 is 0 Å². The Morgan fingerprint density at radius 1 is 1.41 bits per heavy atom. The number of halogens is 1. The molecule has 1 aliphatic rings. The monoisotopic (exact) mass is 308 g/mol. The van der Waals surface area contributed by atoms with Gasteiger partial charge in [0.1, 0.15) is 5.82 Å². The van der Waals surface area contributed by atoms with Gasteiger partial charge in [0.2, 0.25) is 5.91 Å². The zero-order valence-corrected chi connectivity index (χ0v) is 12.7. The van der Waals surface area contributed by atoms with Gasteiger partial charge in [0.15, 0.2) is 0 Å². The van der Waals surface area contributed by atoms with Gasteiger partial charge in [-0.25, -0.2) is 9.18 Å². The summed E-state index contributed by atoms with van der Waals surface area (Å²) in [6.45, 7) is 3.12. The van der Waals surface area contributed by atoms with Crippen LogP contribution in [0.5, 0.6) is 0 Å². The Morgan fingerprint density at radius 2 is 2.18 bits per heavy atom. The van der Waals surface area contributed by atoms with E-state index < -0.39 is 6.09 Å². The molecule has 0 saturated carbocycles. The number of nitrogens with one attached hydrogen (secondary N) is 1. The van der Waals surface area contributed by atoms with Crippen LogP contribution in [0, 0.1) is 5.82 Å². The third-order valence-electron chi connectivity index (χ3n) is 3.67. The number of carbonyl (C=O) groups excluding carboxylic acids is 2. The molecule has 0 unspecified atom stereocenters. The van der Waals surface area contributed by atoms with Gasteiger partial charge in [0.05, 0.1) is 13.0 Å². The lowest BCUT2D eigenvalue weighted by atomic mass is 10.0. The van der Waals surface area contributed by atoms with Gasteiger partial charge in [-0.1, -0.05) is 18.2 Å². The van der Waals surface area contributed by atoms with Gasteiger partial charge in [0, 0.05) is 19.1 Å². The van der Waals surface area contributed by atoms with Crippen LogP contribution in [0.1, 0.15) is 25.3 Å². The van der Waals surface area contributed by atoms with Crippen molar-refractivity contribution < 1.29 is 18.7 Å². The summed E-state index contributed by atoms with van der Waals surface area (Å²) in [6, 6.07) is 6.17. The van der Waals surface area contributed by atoms with Gasteiger partial charge >= 0.3 is 6.09 Å². The summed E-state index contributed by atoms with van der Waals surface area (Å²) in [5.41, 5.74) is 0.396. The van der Waals surface area contributed by atoms with Crippen LogP contribution in [-0.2, 0) is 16.0 Å². The predicted molar refractivity (Wildman–Crippen MR) is 79.9 cm³/mol. The van der Waals surface area contributed by atoms with Crippen LogP contribution < -0.4 is 5.32 Å². The van der Waals surface area contributed by atoms with E-state index >= 15 is 0 Å². The summed E-state index contributed by atoms with van der Waals surface area (Å²) in [5.74, 6) is -0.491. The van der Waals surface area contributed by atoms with Crippen molar-refractivity contribution in [1.82, 2.24) is 10.2 Å². The number of carbonyl (C=O) groups is 2. The van der Waals surface area contributed by atoms with Crippen molar-refractivity contribution in [1.29, 1.82) is 0 Å². The van der Waals surface area contributed by atoms with E-state index in [0.717, 1.165) is 12.8 Å². The lowest BCUT2D eigenvalue weighted by Gasteiger charge is -2.33. The second-order valence-corrected chi connectivity index (χ2v) is 5.31. The summed E-state index contributed by atoms with van der Waals surface area (Å²) >= 11 is 0. The normalized spacial score (nSPS) is 17.9. The number of benzene rings is 1. The Balaban J connectivity index is 1.90. The molecule has 5 nitrogen and oxygen atoms in total. The standard InChI is InChI=1S/C16H21FN2O3/c1-2-22-16(21)18-13-7-5-9-19(11-13)15(20)10-12-6-3-4-8-14(12)17/h3-4,6,8,13H,2,5,7,9-11H2,1H3,(H,18,21)/t13-/m1/s1. The third-order valence-corrected chi connectivity index (χ3v) is 3.67. The molecule has 2 amide bonds. The van der Waals surface area contributed by atoms with Crippen molar-refractivity contribution in [2.75, 3.05) is 19.7 Å². The fourth-order valence-electron chi connectivity index (χ4n) is 2.58. The van der Waals surface area contributed by atoms with Gasteiger partial charge in [-0.3, -0.25) is 4.79 Å². The highest BCUT2D eigenvalue weighted by atomic mass is 19.1. The molecule has 6 heteroatoms. The minimum atomic E-state index is -0.462. The molecule has 1 heterocycles. The lowest BCUT2D eigenvalue weighted by molar-refractivity contribution is -0.131. The molecular formula is C16H21FN2O3. The first-order chi connectivity index (χ1) is 10.6. The highest BCUT2D eigenvalue weighted by Crippen LogP contribution is 2.14. The molecule has 0 bridgehead atoms. The highest BCUT2D eigenvalue weighted by Gasteiger charge is 2.25. The van der Waals surface area contributed by atoms with Crippen molar-refractivity contribution >= 4 is 12.0 Å². The van der Waals surface area contributed by atoms with E-state index in [1.165, 1.54) is 6.07 Å². The molecule has 1 atom stereocenters. The first-order valence-corrected chi connectivity index (χ1v) is 7.54. The summed E-state index contributed by atoms with van der Waals surface area (Å²) in [5, 5.41) is 2.75. The number of ether oxygens (including phenoxy) is 1. The maximum Gasteiger partial charge on any atom is 0.407 e. The van der Waals surface area contributed by atoms with E-state index in [1.54, 1.807) is 30.0 Å². The van der Waals surface area contributed by atoms with Crippen LogP contribution in [0.2, 0.25) is 0 Å². The largest absolute Gasteiger partial charge is 0.450 e. The maximum atomic E-state index is 13.6. The fraction of sp³-hybridized carbons (Fsp3) is 0.500. The summed E-state index contributed by atoms with van der Waals surface area (Å²) in [6.07, 6.45) is 1.19. The van der Waals surface area contributed by atoms with E-state index in [2.05, 4.69) is 5.32 Å². The molecule has 0 aromatic heterocycles. The SMILES string of the molecule is CCOC(=O)N[C@@H]1CCCN(C(=O)Cc2ccccc2F)C1. The van der Waals surface area contributed by atoms with Crippen molar-refractivity contribution in [2.24, 2.45) is 0 Å². The van der Waals surface area contributed by atoms with E-state index in [1.807, 2.05) is 0 Å². The predicted octanol–water partition coefficient (Wildman–Crippen LogP) is 2.11. The van der Waals surface area contributed by atoms with E-state index in [4.69, 9.17) is 4.74 Å². The molecule has 1 N–H and O–H groups in total. The Hall–Kier alpha value is -2.11. The topological polar surface area (TPSA) is 58.6 Å². The van der Waals surface area contributed by atoms with Gasteiger partial charge in [-0.2, -0.15) is 0 Å². The smallest absolute Gasteiger partial charge is 0.407 e. The number of piperidine rings is 1. The van der Waals surface area contributed by atoms with Crippen molar-refractivity contribution in [3.05, 3.63) is 35.6 Å². The second-order valence-electron chi connectivity index (χ2n) is 5.31. The molecule has 22 heavy (non-hydrogen) atoms. The Labute approximate surface area is 129 Å². The number of alkyl carbamates (subject to hydrolysis) is 1. The van der Waals surface area contributed by atoms with Crippen molar-refractivity contribution in [3.8, 4) is 0 Å². The molecule has 120 valence electrons. The Kier molecular flexibility index (Phi) is 5.75. The molecule has 2 rings (SSSR count). The number of likely N-dealkylation sites (tertiary alicyclic amines) is 1. The average molecular weight is 308 g/mol. The van der Waals surface area contributed by atoms with E-state index in [-0.39, 0.29) is 24.2 Å². The second kappa shape index (κ2) is 7.77. The summed E-state index contributed by atoms with van der Waals surface area (Å²) in [7, 11) is 0.